The molecule has 0 radical (unpaired) electrons. The molecule has 0 amide bonds. The number of hydrogen-bond donors (Lipinski definition) is 1. The average molecular weight is 392 g/mol. The van der Waals surface area contributed by atoms with Crippen molar-refractivity contribution in [2.24, 2.45) is 0 Å². The van der Waals surface area contributed by atoms with Crippen LogP contribution in [0.3, 0.4) is 0 Å². The van der Waals surface area contributed by atoms with E-state index in [-0.39, 0.29) is 6.54 Å². The molecular weight excluding hydrogens is 348 g/mol. The maximum absolute atomic E-state index is 10.9. The van der Waals surface area contributed by atoms with Crippen LogP contribution in [0.15, 0.2) is 0 Å². The molecular formula is C24H43N2O2+. The van der Waals surface area contributed by atoms with Gasteiger partial charge in [-0.1, -0.05) is 90.4 Å². The normalized spacial score (nSPS) is 14.0. The van der Waals surface area contributed by atoms with Gasteiger partial charge in [0.15, 0.2) is 6.54 Å². The molecule has 0 saturated heterocycles. The van der Waals surface area contributed by atoms with Gasteiger partial charge in [0, 0.05) is 25.4 Å². The van der Waals surface area contributed by atoms with Crippen molar-refractivity contribution >= 4 is 11.7 Å². The molecule has 0 aromatic heterocycles. The summed E-state index contributed by atoms with van der Waals surface area (Å²) in [4.78, 5) is 13.1. The Balaban J connectivity index is 1.93. The van der Waals surface area contributed by atoms with Crippen molar-refractivity contribution in [3.8, 4) is 12.0 Å². The molecule has 1 N–H and O–H groups in total. The van der Waals surface area contributed by atoms with Crippen molar-refractivity contribution in [2.75, 3.05) is 26.2 Å². The third-order valence-electron chi connectivity index (χ3n) is 5.62. The Labute approximate surface area is 173 Å². The number of nitrogens with zero attached hydrogens (tertiary/aromatic N) is 2. The summed E-state index contributed by atoms with van der Waals surface area (Å²) in [5.74, 6) is 2.31. The molecule has 0 aliphatic carbocycles. The monoisotopic (exact) mass is 391 g/mol. The topological polar surface area (TPSA) is 43.5 Å². The summed E-state index contributed by atoms with van der Waals surface area (Å²) in [6, 6.07) is 3.19. The second kappa shape index (κ2) is 16.5. The van der Waals surface area contributed by atoms with Crippen molar-refractivity contribution in [2.45, 2.75) is 104 Å². The number of unbranched alkanes of at least 4 members (excludes halogenated alkanes) is 13. The van der Waals surface area contributed by atoms with E-state index in [1.165, 1.54) is 89.9 Å². The molecule has 1 aliphatic heterocycles. The van der Waals surface area contributed by atoms with Gasteiger partial charge in [-0.25, -0.2) is 9.37 Å². The standard InChI is InChI=1S/C24H42N2O2/c1-3-4-5-6-7-8-9-10-11-12-13-14-15-16-18-25-19-17-23(2)26(21-20-25)22-24(27)28/h3-16,18,20-22H2,1-2H3/p+1. The molecule has 1 heterocycles. The average Bonchev–Trinajstić information content (AvgIpc) is 2.84. The van der Waals surface area contributed by atoms with Crippen LogP contribution < -0.4 is 0 Å². The minimum absolute atomic E-state index is 0.0488. The van der Waals surface area contributed by atoms with Crippen molar-refractivity contribution in [3.63, 3.8) is 0 Å². The number of hydrogen-bond acceptors (Lipinski definition) is 2. The molecule has 0 aromatic rings. The number of carbonyl (C=O) groups is 1. The molecule has 0 aromatic carbocycles. The fraction of sp³-hybridized carbons (Fsp3) is 0.833. The molecule has 0 bridgehead atoms. The van der Waals surface area contributed by atoms with Crippen LogP contribution in [-0.2, 0) is 4.79 Å². The lowest BCUT2D eigenvalue weighted by atomic mass is 10.0. The fourth-order valence-corrected chi connectivity index (χ4v) is 3.73. The van der Waals surface area contributed by atoms with Gasteiger partial charge in [-0.2, -0.15) is 0 Å². The van der Waals surface area contributed by atoms with Gasteiger partial charge < -0.3 is 10.0 Å². The molecule has 0 atom stereocenters. The quantitative estimate of drug-likeness (QED) is 0.208. The summed E-state index contributed by atoms with van der Waals surface area (Å²) in [6.45, 7) is 6.80. The van der Waals surface area contributed by atoms with Gasteiger partial charge in [-0.15, -0.1) is 0 Å². The van der Waals surface area contributed by atoms with E-state index in [1.807, 2.05) is 11.5 Å². The lowest BCUT2D eigenvalue weighted by Crippen LogP contribution is -2.31. The summed E-state index contributed by atoms with van der Waals surface area (Å²) < 4.78 is 1.86. The number of aliphatic carboxylic acids is 1. The number of carboxylic acids is 1. The van der Waals surface area contributed by atoms with Gasteiger partial charge in [0.05, 0.1) is 6.54 Å². The minimum Gasteiger partial charge on any atom is -0.477 e. The van der Waals surface area contributed by atoms with E-state index < -0.39 is 5.97 Å². The first-order valence-electron chi connectivity index (χ1n) is 11.7. The van der Waals surface area contributed by atoms with E-state index in [1.54, 1.807) is 0 Å². The molecule has 160 valence electrons. The zero-order valence-corrected chi connectivity index (χ0v) is 18.5. The molecule has 1 rings (SSSR count). The minimum atomic E-state index is -0.790. The highest BCUT2D eigenvalue weighted by Crippen LogP contribution is 2.13. The lowest BCUT2D eigenvalue weighted by Gasteiger charge is -2.15. The highest BCUT2D eigenvalue weighted by molar-refractivity contribution is 5.94. The molecule has 4 nitrogen and oxygen atoms in total. The van der Waals surface area contributed by atoms with E-state index in [2.05, 4.69) is 23.8 Å². The van der Waals surface area contributed by atoms with E-state index in [0.29, 0.717) is 0 Å². The van der Waals surface area contributed by atoms with Gasteiger partial charge in [0.2, 0.25) is 12.3 Å². The Morgan fingerprint density at radius 2 is 1.43 bits per heavy atom. The third kappa shape index (κ3) is 12.8. The fourth-order valence-electron chi connectivity index (χ4n) is 3.73. The van der Waals surface area contributed by atoms with Crippen molar-refractivity contribution in [1.29, 1.82) is 0 Å². The van der Waals surface area contributed by atoms with Crippen LogP contribution in [0.5, 0.6) is 0 Å². The Kier molecular flexibility index (Phi) is 14.4. The first-order chi connectivity index (χ1) is 13.6. The summed E-state index contributed by atoms with van der Waals surface area (Å²) in [7, 11) is 0. The van der Waals surface area contributed by atoms with Crippen LogP contribution in [0, 0.1) is 12.0 Å². The van der Waals surface area contributed by atoms with E-state index >= 15 is 0 Å². The first kappa shape index (κ1) is 24.5. The Bertz CT molecular complexity index is 516. The predicted molar refractivity (Wildman–Crippen MR) is 118 cm³/mol. The number of carboxylic acid groups (broad SMARTS) is 1. The summed E-state index contributed by atoms with van der Waals surface area (Å²) >= 11 is 0. The van der Waals surface area contributed by atoms with Crippen LogP contribution in [0.4, 0.5) is 0 Å². The molecule has 0 saturated carbocycles. The summed E-state index contributed by atoms with van der Waals surface area (Å²) in [6.07, 6.45) is 19.3. The van der Waals surface area contributed by atoms with E-state index in [9.17, 15) is 4.79 Å². The molecule has 28 heavy (non-hydrogen) atoms. The SMILES string of the molecule is CCCCCCCCCCCCCCCCN1C#CC(C)=[N+](CC(=O)O)CC1. The van der Waals surface area contributed by atoms with Crippen LogP contribution in [-0.4, -0.2) is 52.4 Å². The second-order valence-corrected chi connectivity index (χ2v) is 8.22. The van der Waals surface area contributed by atoms with Gasteiger partial charge in [-0.3, -0.25) is 0 Å². The van der Waals surface area contributed by atoms with Crippen molar-refractivity contribution < 1.29 is 14.5 Å². The van der Waals surface area contributed by atoms with Gasteiger partial charge in [-0.05, 0) is 6.42 Å². The van der Waals surface area contributed by atoms with Crippen LogP contribution in [0.1, 0.15) is 104 Å². The third-order valence-corrected chi connectivity index (χ3v) is 5.62. The smallest absolute Gasteiger partial charge is 0.369 e. The lowest BCUT2D eigenvalue weighted by molar-refractivity contribution is -0.517. The zero-order chi connectivity index (χ0) is 20.5. The van der Waals surface area contributed by atoms with Crippen molar-refractivity contribution in [3.05, 3.63) is 0 Å². The van der Waals surface area contributed by atoms with Gasteiger partial charge in [0.1, 0.15) is 0 Å². The molecule has 0 spiro atoms. The van der Waals surface area contributed by atoms with Crippen LogP contribution in [0.2, 0.25) is 0 Å². The highest BCUT2D eigenvalue weighted by Gasteiger charge is 2.17. The van der Waals surface area contributed by atoms with Gasteiger partial charge in [0.25, 0.3) is 0 Å². The molecule has 4 heteroatoms. The Morgan fingerprint density at radius 1 is 0.929 bits per heavy atom. The molecule has 0 fully saturated rings. The first-order valence-corrected chi connectivity index (χ1v) is 11.7. The second-order valence-electron chi connectivity index (χ2n) is 8.22. The summed E-state index contributed by atoms with van der Waals surface area (Å²) in [5.41, 5.74) is 0.867. The largest absolute Gasteiger partial charge is 0.477 e. The maximum atomic E-state index is 10.9. The van der Waals surface area contributed by atoms with Crippen LogP contribution in [0.25, 0.3) is 0 Å². The molecule has 0 unspecified atom stereocenters. The Hall–Kier alpha value is -1.50. The van der Waals surface area contributed by atoms with Gasteiger partial charge >= 0.3 is 5.97 Å². The highest BCUT2D eigenvalue weighted by atomic mass is 16.4. The Morgan fingerprint density at radius 3 is 1.93 bits per heavy atom. The van der Waals surface area contributed by atoms with E-state index in [0.717, 1.165) is 25.3 Å². The predicted octanol–water partition coefficient (Wildman–Crippen LogP) is 5.30. The van der Waals surface area contributed by atoms with Crippen molar-refractivity contribution in [1.82, 2.24) is 4.90 Å². The maximum Gasteiger partial charge on any atom is 0.369 e. The zero-order valence-electron chi connectivity index (χ0n) is 18.5. The van der Waals surface area contributed by atoms with E-state index in [4.69, 9.17) is 5.11 Å². The van der Waals surface area contributed by atoms with Crippen LogP contribution >= 0.6 is 0 Å². The number of rotatable bonds is 17. The summed E-state index contributed by atoms with van der Waals surface area (Å²) in [5, 5.41) is 8.97. The molecule has 1 aliphatic rings.